The van der Waals surface area contributed by atoms with E-state index in [1.807, 2.05) is 0 Å². The van der Waals surface area contributed by atoms with Crippen molar-refractivity contribution >= 4 is 24.2 Å². The van der Waals surface area contributed by atoms with E-state index in [1.54, 1.807) is 28.8 Å². The van der Waals surface area contributed by atoms with Crippen molar-refractivity contribution in [2.24, 2.45) is 23.7 Å². The second-order valence-electron chi connectivity index (χ2n) is 15.2. The minimum Gasteiger partial charge on any atom is -0.327 e. The van der Waals surface area contributed by atoms with Crippen molar-refractivity contribution in [1.29, 1.82) is 0 Å². The number of hydrogen-bond donors (Lipinski definition) is 0. The summed E-state index contributed by atoms with van der Waals surface area (Å²) in [6.45, 7) is 36.2. The van der Waals surface area contributed by atoms with Gasteiger partial charge >= 0.3 is 0 Å². The molecular formula is C33H59NdSi3-. The Bertz CT molecular complexity index is 650. The quantitative estimate of drug-likeness (QED) is 0.193. The van der Waals surface area contributed by atoms with Crippen LogP contribution in [0.1, 0.15) is 67.7 Å². The minimum absolute atomic E-state index is 0. The Hall–Kier alpha value is 2.00. The molecule has 0 aliphatic heterocycles. The Balaban J connectivity index is 0.000000589. The molecule has 208 valence electrons. The van der Waals surface area contributed by atoms with Crippen LogP contribution in [0.4, 0.5) is 0 Å². The molecule has 0 unspecified atom stereocenters. The Morgan fingerprint density at radius 3 is 1.65 bits per heavy atom. The van der Waals surface area contributed by atoms with Gasteiger partial charge in [0.25, 0.3) is 0 Å². The third-order valence-corrected chi connectivity index (χ3v) is 19.6. The summed E-state index contributed by atoms with van der Waals surface area (Å²) in [7, 11) is -3.38. The molecule has 3 aliphatic rings. The minimum atomic E-state index is -1.66. The van der Waals surface area contributed by atoms with Crippen LogP contribution in [0.3, 0.4) is 0 Å². The van der Waals surface area contributed by atoms with Crippen LogP contribution >= 0.6 is 0 Å². The predicted octanol–water partition coefficient (Wildman–Crippen LogP) is 10.2. The first-order valence-corrected chi connectivity index (χ1v) is 24.8. The molecule has 0 N–H and O–H groups in total. The molecule has 0 saturated heterocycles. The zero-order valence-corrected chi connectivity index (χ0v) is 33.4. The smallest absolute Gasteiger partial charge is 0.0626 e. The van der Waals surface area contributed by atoms with Crippen LogP contribution in [0.2, 0.25) is 52.4 Å². The molecule has 4 heteroatoms. The summed E-state index contributed by atoms with van der Waals surface area (Å²) in [5.74, 6) is 11.0. The fourth-order valence-corrected chi connectivity index (χ4v) is 21.2. The van der Waals surface area contributed by atoms with E-state index in [2.05, 4.69) is 126 Å². The molecule has 0 spiro atoms. The van der Waals surface area contributed by atoms with Crippen molar-refractivity contribution in [2.75, 3.05) is 0 Å². The molecule has 0 amide bonds. The van der Waals surface area contributed by atoms with Crippen molar-refractivity contribution < 1.29 is 40.8 Å². The molecule has 10 radical (unpaired) electrons. The van der Waals surface area contributed by atoms with E-state index in [0.717, 1.165) is 23.7 Å². The zero-order chi connectivity index (χ0) is 27.8. The molecule has 3 rings (SSSR count). The summed E-state index contributed by atoms with van der Waals surface area (Å²) in [6.07, 6.45) is 11.8. The average Bonchev–Trinajstić information content (AvgIpc) is 3.27. The molecule has 0 heterocycles. The number of hydrogen-bond acceptors (Lipinski definition) is 0. The molecule has 3 atom stereocenters. The molecule has 0 bridgehead atoms. The van der Waals surface area contributed by atoms with Gasteiger partial charge in [-0.3, -0.25) is 0 Å². The molecule has 3 fully saturated rings. The third kappa shape index (κ3) is 10.1. The van der Waals surface area contributed by atoms with Crippen LogP contribution in [-0.4, -0.2) is 24.2 Å². The van der Waals surface area contributed by atoms with Gasteiger partial charge in [-0.25, -0.2) is 0 Å². The Kier molecular flexibility index (Phi) is 14.5. The monoisotopic (exact) mass is 681 g/mol. The predicted molar refractivity (Wildman–Crippen MR) is 172 cm³/mol. The van der Waals surface area contributed by atoms with Crippen molar-refractivity contribution in [2.45, 2.75) is 120 Å². The first-order chi connectivity index (χ1) is 16.3. The van der Waals surface area contributed by atoms with Gasteiger partial charge < -0.3 is 5.67 Å². The molecule has 0 aromatic carbocycles. The largest absolute Gasteiger partial charge is 0.327 e. The second-order valence-corrected chi connectivity index (χ2v) is 30.2. The Labute approximate surface area is 272 Å². The van der Waals surface area contributed by atoms with E-state index in [0.29, 0.717) is 0 Å². The van der Waals surface area contributed by atoms with Gasteiger partial charge in [0.2, 0.25) is 0 Å². The van der Waals surface area contributed by atoms with Crippen molar-refractivity contribution in [3.8, 4) is 0 Å². The molecular weight excluding hydrogens is 625 g/mol. The van der Waals surface area contributed by atoms with Gasteiger partial charge in [-0.05, 0) is 96.4 Å². The SMILES string of the molecule is C[C]1[C](C)[C](C)[C]([Si](C)(C)[C]2[CH][CH][C]([C@H]3C[C@H](C)CC[C@H]3C(C)C)[CH]2)[C]1C.C[Si](C)(C)[CH-][Si](C)(C)C.[Nd]. The van der Waals surface area contributed by atoms with Crippen LogP contribution in [-0.2, 0) is 0 Å². The molecule has 3 aliphatic carbocycles. The van der Waals surface area contributed by atoms with Gasteiger partial charge in [-0.15, -0.1) is 16.1 Å². The van der Waals surface area contributed by atoms with Crippen LogP contribution in [0, 0.1) is 130 Å². The van der Waals surface area contributed by atoms with E-state index < -0.39 is 24.2 Å². The maximum atomic E-state index is 2.65. The molecule has 0 aromatic rings. The van der Waals surface area contributed by atoms with E-state index in [4.69, 9.17) is 0 Å². The van der Waals surface area contributed by atoms with Crippen molar-refractivity contribution in [3.63, 3.8) is 0 Å². The fourth-order valence-electron chi connectivity index (χ4n) is 7.27. The first-order valence-electron chi connectivity index (χ1n) is 14.6. The molecule has 37 heavy (non-hydrogen) atoms. The second kappa shape index (κ2) is 14.5. The number of rotatable bonds is 6. The standard InChI is InChI=1S/C26H40Si.C7H19Si2.Nd/c1-16(2)24-13-10-17(3)14-25(24)22-11-12-23(15-22)27(8,9)26-20(6)18(4)19(5)21(26)7;1-8(2,3)7-9(4,5)6;/h11-12,15-17,24-25H,10,13-14H2,1-9H3;7H,1-6H3;/q;-1;/t17-,24+,25-;;/m1../s1. The van der Waals surface area contributed by atoms with E-state index in [9.17, 15) is 0 Å². The normalized spacial score (nSPS) is 29.0. The van der Waals surface area contributed by atoms with Crippen LogP contribution < -0.4 is 0 Å². The van der Waals surface area contributed by atoms with Crippen LogP contribution in [0.25, 0.3) is 0 Å². The summed E-state index contributed by atoms with van der Waals surface area (Å²) in [6, 6.07) is 0. The summed E-state index contributed by atoms with van der Waals surface area (Å²) < 4.78 is 0. The maximum Gasteiger partial charge on any atom is 0.0626 e. The van der Waals surface area contributed by atoms with Gasteiger partial charge in [-0.1, -0.05) is 107 Å². The topological polar surface area (TPSA) is 0 Å². The zero-order valence-electron chi connectivity index (χ0n) is 27.2. The van der Waals surface area contributed by atoms with Gasteiger partial charge in [-0.2, -0.15) is 0 Å². The van der Waals surface area contributed by atoms with Crippen molar-refractivity contribution in [3.05, 3.63) is 65.6 Å². The molecule has 0 aromatic heterocycles. The summed E-state index contributed by atoms with van der Waals surface area (Å²) >= 11 is 0. The van der Waals surface area contributed by atoms with Crippen LogP contribution in [0.15, 0.2) is 0 Å². The Morgan fingerprint density at radius 2 is 1.24 bits per heavy atom. The van der Waals surface area contributed by atoms with Gasteiger partial charge in [0.05, 0.1) is 8.07 Å². The summed E-state index contributed by atoms with van der Waals surface area (Å²) in [4.78, 5) is 0. The fraction of sp³-hybridized carbons (Fsp3) is 0.667. The van der Waals surface area contributed by atoms with Gasteiger partial charge in [0, 0.05) is 40.8 Å². The summed E-state index contributed by atoms with van der Waals surface area (Å²) in [5.41, 5.74) is 5.97. The van der Waals surface area contributed by atoms with Gasteiger partial charge in [0.15, 0.2) is 0 Å². The maximum absolute atomic E-state index is 2.65. The summed E-state index contributed by atoms with van der Waals surface area (Å²) in [5, 5.41) is 0. The van der Waals surface area contributed by atoms with E-state index in [1.165, 1.54) is 31.1 Å². The van der Waals surface area contributed by atoms with E-state index >= 15 is 0 Å². The van der Waals surface area contributed by atoms with Gasteiger partial charge in [0.1, 0.15) is 0 Å². The third-order valence-electron chi connectivity index (χ3n) is 8.88. The van der Waals surface area contributed by atoms with E-state index in [-0.39, 0.29) is 40.8 Å². The molecule has 3 saturated carbocycles. The average molecular weight is 684 g/mol. The van der Waals surface area contributed by atoms with Crippen LogP contribution in [0.5, 0.6) is 0 Å². The molecule has 0 nitrogen and oxygen atoms in total. The van der Waals surface area contributed by atoms with Crippen molar-refractivity contribution in [1.82, 2.24) is 0 Å². The Morgan fingerprint density at radius 1 is 0.757 bits per heavy atom. The first kappa shape index (κ1) is 37.0.